The quantitative estimate of drug-likeness (QED) is 0.867. The molecule has 2 unspecified atom stereocenters. The van der Waals surface area contributed by atoms with Gasteiger partial charge in [-0.25, -0.2) is 5.43 Å². The lowest BCUT2D eigenvalue weighted by Gasteiger charge is -2.11. The van der Waals surface area contributed by atoms with E-state index in [2.05, 4.69) is 10.5 Å². The standard InChI is InChI=1S/C15H17ClN2O2/c16-12-3-5-13(6-4-12)20-9-15(19)18-17-14-8-10-1-2-11(14)7-10/h3-6,10-11H,1-2,7-9H2,(H,18,19). The van der Waals surface area contributed by atoms with Crippen LogP contribution in [0.1, 0.15) is 25.7 Å². The van der Waals surface area contributed by atoms with Gasteiger partial charge in [-0.1, -0.05) is 11.6 Å². The number of nitrogens with zero attached hydrogens (tertiary/aromatic N) is 1. The van der Waals surface area contributed by atoms with Crippen LogP contribution in [0.25, 0.3) is 0 Å². The second kappa shape index (κ2) is 5.83. The maximum Gasteiger partial charge on any atom is 0.277 e. The van der Waals surface area contributed by atoms with Crippen molar-refractivity contribution in [1.82, 2.24) is 5.43 Å². The topological polar surface area (TPSA) is 50.7 Å². The number of benzene rings is 1. The SMILES string of the molecule is O=C(COc1ccc(Cl)cc1)NN=C1CC2CCC1C2. The second-order valence-electron chi connectivity index (χ2n) is 5.46. The third-order valence-electron chi connectivity index (χ3n) is 4.02. The largest absolute Gasteiger partial charge is 0.484 e. The molecule has 0 spiro atoms. The summed E-state index contributed by atoms with van der Waals surface area (Å²) in [5, 5.41) is 4.89. The smallest absolute Gasteiger partial charge is 0.277 e. The zero-order valence-electron chi connectivity index (χ0n) is 11.1. The molecule has 3 rings (SSSR count). The number of ether oxygens (including phenoxy) is 1. The van der Waals surface area contributed by atoms with Crippen molar-refractivity contribution in [2.24, 2.45) is 16.9 Å². The molecule has 0 saturated heterocycles. The summed E-state index contributed by atoms with van der Waals surface area (Å²) in [6, 6.07) is 6.92. The van der Waals surface area contributed by atoms with Crippen LogP contribution < -0.4 is 10.2 Å². The maximum absolute atomic E-state index is 11.7. The normalized spacial score (nSPS) is 25.9. The molecule has 2 aliphatic carbocycles. The van der Waals surface area contributed by atoms with E-state index in [9.17, 15) is 4.79 Å². The van der Waals surface area contributed by atoms with E-state index >= 15 is 0 Å². The molecule has 1 aromatic rings. The van der Waals surface area contributed by atoms with Crippen molar-refractivity contribution in [3.8, 4) is 5.75 Å². The fourth-order valence-electron chi connectivity index (χ4n) is 3.01. The van der Waals surface area contributed by atoms with Crippen molar-refractivity contribution in [3.05, 3.63) is 29.3 Å². The molecule has 0 radical (unpaired) electrons. The Morgan fingerprint density at radius 3 is 2.80 bits per heavy atom. The highest BCUT2D eigenvalue weighted by Crippen LogP contribution is 2.42. The number of hydrogen-bond donors (Lipinski definition) is 1. The molecule has 2 atom stereocenters. The molecule has 1 amide bonds. The van der Waals surface area contributed by atoms with E-state index in [4.69, 9.17) is 16.3 Å². The Morgan fingerprint density at radius 1 is 1.35 bits per heavy atom. The number of carbonyl (C=O) groups is 1. The highest BCUT2D eigenvalue weighted by atomic mass is 35.5. The van der Waals surface area contributed by atoms with Crippen LogP contribution in [-0.4, -0.2) is 18.2 Å². The minimum atomic E-state index is -0.227. The molecule has 1 aromatic carbocycles. The summed E-state index contributed by atoms with van der Waals surface area (Å²) in [7, 11) is 0. The number of hydrogen-bond acceptors (Lipinski definition) is 3. The zero-order chi connectivity index (χ0) is 13.9. The molecule has 1 N–H and O–H groups in total. The van der Waals surface area contributed by atoms with Crippen LogP contribution in [0.5, 0.6) is 5.75 Å². The molecule has 20 heavy (non-hydrogen) atoms. The van der Waals surface area contributed by atoms with Gasteiger partial charge in [-0.3, -0.25) is 4.79 Å². The number of nitrogens with one attached hydrogen (secondary N) is 1. The van der Waals surface area contributed by atoms with Crippen molar-refractivity contribution < 1.29 is 9.53 Å². The molecule has 2 bridgehead atoms. The van der Waals surface area contributed by atoms with Crippen molar-refractivity contribution in [3.63, 3.8) is 0 Å². The minimum Gasteiger partial charge on any atom is -0.484 e. The minimum absolute atomic E-state index is 0.0352. The van der Waals surface area contributed by atoms with Gasteiger partial charge in [0.05, 0.1) is 0 Å². The van der Waals surface area contributed by atoms with Gasteiger partial charge in [0.2, 0.25) is 0 Å². The summed E-state index contributed by atoms with van der Waals surface area (Å²) in [4.78, 5) is 11.7. The van der Waals surface area contributed by atoms with Crippen LogP contribution in [0.2, 0.25) is 5.02 Å². The molecule has 5 heteroatoms. The Labute approximate surface area is 123 Å². The highest BCUT2D eigenvalue weighted by Gasteiger charge is 2.36. The number of amides is 1. The van der Waals surface area contributed by atoms with Gasteiger partial charge in [0, 0.05) is 10.7 Å². The van der Waals surface area contributed by atoms with E-state index < -0.39 is 0 Å². The fourth-order valence-corrected chi connectivity index (χ4v) is 3.13. The molecule has 2 saturated carbocycles. The lowest BCUT2D eigenvalue weighted by Crippen LogP contribution is -2.26. The summed E-state index contributed by atoms with van der Waals surface area (Å²) < 4.78 is 5.36. The van der Waals surface area contributed by atoms with Gasteiger partial charge < -0.3 is 4.74 Å². The van der Waals surface area contributed by atoms with Crippen LogP contribution in [-0.2, 0) is 4.79 Å². The fraction of sp³-hybridized carbons (Fsp3) is 0.467. The van der Waals surface area contributed by atoms with Crippen LogP contribution in [0, 0.1) is 11.8 Å². The monoisotopic (exact) mass is 292 g/mol. The number of hydrazone groups is 1. The van der Waals surface area contributed by atoms with E-state index in [0.29, 0.717) is 16.7 Å². The van der Waals surface area contributed by atoms with Gasteiger partial charge in [-0.2, -0.15) is 5.10 Å². The molecule has 2 aliphatic rings. The van der Waals surface area contributed by atoms with Crippen molar-refractivity contribution in [2.45, 2.75) is 25.7 Å². The Morgan fingerprint density at radius 2 is 2.15 bits per heavy atom. The average Bonchev–Trinajstić information content (AvgIpc) is 3.07. The molecule has 0 aromatic heterocycles. The Bertz CT molecular complexity index is 527. The second-order valence-corrected chi connectivity index (χ2v) is 5.90. The summed E-state index contributed by atoms with van der Waals surface area (Å²) >= 11 is 5.78. The van der Waals surface area contributed by atoms with E-state index in [1.54, 1.807) is 24.3 Å². The van der Waals surface area contributed by atoms with E-state index in [-0.39, 0.29) is 12.5 Å². The number of fused-ring (bicyclic) bond motifs is 2. The lowest BCUT2D eigenvalue weighted by atomic mass is 9.99. The van der Waals surface area contributed by atoms with Crippen molar-refractivity contribution >= 4 is 23.2 Å². The first-order valence-corrected chi connectivity index (χ1v) is 7.32. The maximum atomic E-state index is 11.7. The van der Waals surface area contributed by atoms with Gasteiger partial charge >= 0.3 is 0 Å². The molecular weight excluding hydrogens is 276 g/mol. The predicted molar refractivity (Wildman–Crippen MR) is 78.0 cm³/mol. The third-order valence-corrected chi connectivity index (χ3v) is 4.27. The first kappa shape index (κ1) is 13.4. The van der Waals surface area contributed by atoms with Gasteiger partial charge in [0.25, 0.3) is 5.91 Å². The van der Waals surface area contributed by atoms with Gasteiger partial charge in [0.1, 0.15) is 5.75 Å². The summed E-state index contributed by atoms with van der Waals surface area (Å²) in [5.41, 5.74) is 3.74. The highest BCUT2D eigenvalue weighted by molar-refractivity contribution is 6.30. The van der Waals surface area contributed by atoms with Gasteiger partial charge in [0.15, 0.2) is 6.61 Å². The van der Waals surface area contributed by atoms with Gasteiger partial charge in [-0.05, 0) is 61.8 Å². The Kier molecular flexibility index (Phi) is 3.92. The number of carbonyl (C=O) groups excluding carboxylic acids is 1. The molecule has 4 nitrogen and oxygen atoms in total. The van der Waals surface area contributed by atoms with Crippen LogP contribution in [0.4, 0.5) is 0 Å². The molecule has 2 fully saturated rings. The van der Waals surface area contributed by atoms with Crippen LogP contribution in [0.3, 0.4) is 0 Å². The number of rotatable bonds is 4. The van der Waals surface area contributed by atoms with Crippen LogP contribution in [0.15, 0.2) is 29.4 Å². The van der Waals surface area contributed by atoms with Crippen LogP contribution >= 0.6 is 11.6 Å². The Balaban J connectivity index is 1.46. The Hall–Kier alpha value is -1.55. The first-order chi connectivity index (χ1) is 9.70. The number of halogens is 1. The summed E-state index contributed by atoms with van der Waals surface area (Å²) in [5.74, 6) is 1.78. The van der Waals surface area contributed by atoms with Crippen molar-refractivity contribution in [2.75, 3.05) is 6.61 Å². The zero-order valence-corrected chi connectivity index (χ0v) is 11.9. The van der Waals surface area contributed by atoms with Gasteiger partial charge in [-0.15, -0.1) is 0 Å². The summed E-state index contributed by atoms with van der Waals surface area (Å²) in [6.45, 7) is -0.0352. The van der Waals surface area contributed by atoms with E-state index in [0.717, 1.165) is 18.1 Å². The van der Waals surface area contributed by atoms with E-state index in [1.165, 1.54) is 19.3 Å². The molecule has 0 heterocycles. The predicted octanol–water partition coefficient (Wildman–Crippen LogP) is 3.01. The average molecular weight is 293 g/mol. The summed E-state index contributed by atoms with van der Waals surface area (Å²) in [6.07, 6.45) is 4.83. The lowest BCUT2D eigenvalue weighted by molar-refractivity contribution is -0.123. The first-order valence-electron chi connectivity index (χ1n) is 6.94. The van der Waals surface area contributed by atoms with E-state index in [1.807, 2.05) is 0 Å². The molecule has 106 valence electrons. The third kappa shape index (κ3) is 3.12. The molecular formula is C15H17ClN2O2. The molecule has 0 aliphatic heterocycles. The van der Waals surface area contributed by atoms with Crippen molar-refractivity contribution in [1.29, 1.82) is 0 Å².